The molecule has 1 aliphatic rings. The Morgan fingerprint density at radius 2 is 2.50 bits per heavy atom. The van der Waals surface area contributed by atoms with Gasteiger partial charge < -0.3 is 15.0 Å². The van der Waals surface area contributed by atoms with Crippen LogP contribution in [-0.4, -0.2) is 38.3 Å². The number of nitrogens with one attached hydrogen (secondary N) is 1. The normalized spacial score (nSPS) is 20.1. The van der Waals surface area contributed by atoms with E-state index in [9.17, 15) is 0 Å². The zero-order valence-electron chi connectivity index (χ0n) is 9.94. The first-order valence-electron chi connectivity index (χ1n) is 5.76. The van der Waals surface area contributed by atoms with Crippen molar-refractivity contribution in [2.45, 2.75) is 18.9 Å². The molecule has 0 spiro atoms. The summed E-state index contributed by atoms with van der Waals surface area (Å²) in [6, 6.07) is 4.65. The molecule has 2 heterocycles. The highest BCUT2D eigenvalue weighted by Gasteiger charge is 2.24. The molecule has 1 aromatic rings. The summed E-state index contributed by atoms with van der Waals surface area (Å²) >= 11 is 0. The molecular weight excluding hydrogens is 202 g/mol. The van der Waals surface area contributed by atoms with Crippen LogP contribution < -0.4 is 15.0 Å². The van der Waals surface area contributed by atoms with E-state index in [0.717, 1.165) is 13.1 Å². The SMILES string of the molecule is CNCC1CCCN1c1ccnc(OC)c1. The van der Waals surface area contributed by atoms with Gasteiger partial charge in [-0.2, -0.15) is 0 Å². The summed E-state index contributed by atoms with van der Waals surface area (Å²) < 4.78 is 5.16. The molecule has 2 rings (SSSR count). The second-order valence-corrected chi connectivity index (χ2v) is 4.10. The zero-order chi connectivity index (χ0) is 11.4. The third kappa shape index (κ3) is 2.27. The summed E-state index contributed by atoms with van der Waals surface area (Å²) in [6.45, 7) is 2.16. The fourth-order valence-electron chi connectivity index (χ4n) is 2.31. The van der Waals surface area contributed by atoms with Crippen molar-refractivity contribution in [3.8, 4) is 5.88 Å². The first-order valence-corrected chi connectivity index (χ1v) is 5.76. The molecule has 1 atom stereocenters. The first-order chi connectivity index (χ1) is 7.85. The Labute approximate surface area is 96.6 Å². The molecule has 1 saturated heterocycles. The molecule has 1 aliphatic heterocycles. The second kappa shape index (κ2) is 5.16. The molecular formula is C12H19N3O. The van der Waals surface area contributed by atoms with Gasteiger partial charge in [-0.05, 0) is 26.0 Å². The molecule has 1 fully saturated rings. The lowest BCUT2D eigenvalue weighted by molar-refractivity contribution is 0.398. The number of rotatable bonds is 4. The molecule has 4 heteroatoms. The second-order valence-electron chi connectivity index (χ2n) is 4.10. The van der Waals surface area contributed by atoms with Crippen molar-refractivity contribution >= 4 is 5.69 Å². The van der Waals surface area contributed by atoms with Gasteiger partial charge in [0.05, 0.1) is 7.11 Å². The molecule has 1 aromatic heterocycles. The number of hydrogen-bond donors (Lipinski definition) is 1. The van der Waals surface area contributed by atoms with Crippen LogP contribution in [0.15, 0.2) is 18.3 Å². The van der Waals surface area contributed by atoms with Gasteiger partial charge in [0, 0.05) is 37.1 Å². The third-order valence-corrected chi connectivity index (χ3v) is 3.08. The molecule has 0 saturated carbocycles. The Hall–Kier alpha value is -1.29. The molecule has 0 radical (unpaired) electrons. The van der Waals surface area contributed by atoms with Crippen molar-refractivity contribution in [1.29, 1.82) is 0 Å². The largest absolute Gasteiger partial charge is 0.481 e. The minimum absolute atomic E-state index is 0.595. The maximum absolute atomic E-state index is 5.16. The van der Waals surface area contributed by atoms with Crippen molar-refractivity contribution < 1.29 is 4.74 Å². The fourth-order valence-corrected chi connectivity index (χ4v) is 2.31. The molecule has 0 aromatic carbocycles. The van der Waals surface area contributed by atoms with Crippen LogP contribution in [0.1, 0.15) is 12.8 Å². The van der Waals surface area contributed by atoms with Crippen molar-refractivity contribution in [2.24, 2.45) is 0 Å². The summed E-state index contributed by atoms with van der Waals surface area (Å²) in [6.07, 6.45) is 4.32. The van der Waals surface area contributed by atoms with Gasteiger partial charge in [-0.3, -0.25) is 0 Å². The topological polar surface area (TPSA) is 37.4 Å². The molecule has 16 heavy (non-hydrogen) atoms. The monoisotopic (exact) mass is 221 g/mol. The van der Waals surface area contributed by atoms with E-state index in [1.165, 1.54) is 18.5 Å². The van der Waals surface area contributed by atoms with Crippen molar-refractivity contribution in [2.75, 3.05) is 32.1 Å². The van der Waals surface area contributed by atoms with Gasteiger partial charge >= 0.3 is 0 Å². The minimum Gasteiger partial charge on any atom is -0.481 e. The molecule has 0 aliphatic carbocycles. The molecule has 0 amide bonds. The molecule has 0 bridgehead atoms. The fraction of sp³-hybridized carbons (Fsp3) is 0.583. The van der Waals surface area contributed by atoms with Crippen LogP contribution in [-0.2, 0) is 0 Å². The highest BCUT2D eigenvalue weighted by molar-refractivity contribution is 5.50. The Morgan fingerprint density at radius 1 is 1.62 bits per heavy atom. The van der Waals surface area contributed by atoms with Gasteiger partial charge in [0.15, 0.2) is 0 Å². The van der Waals surface area contributed by atoms with E-state index < -0.39 is 0 Å². The smallest absolute Gasteiger partial charge is 0.214 e. The van der Waals surface area contributed by atoms with Crippen LogP contribution in [0, 0.1) is 0 Å². The lowest BCUT2D eigenvalue weighted by atomic mass is 10.2. The maximum atomic E-state index is 5.16. The third-order valence-electron chi connectivity index (χ3n) is 3.08. The lowest BCUT2D eigenvalue weighted by Gasteiger charge is -2.26. The summed E-state index contributed by atoms with van der Waals surface area (Å²) in [7, 11) is 3.66. The molecule has 1 N–H and O–H groups in total. The number of nitrogens with zero attached hydrogens (tertiary/aromatic N) is 2. The van der Waals surface area contributed by atoms with E-state index in [4.69, 9.17) is 4.74 Å². The zero-order valence-corrected chi connectivity index (χ0v) is 9.94. The Balaban J connectivity index is 2.15. The Morgan fingerprint density at radius 3 is 3.25 bits per heavy atom. The minimum atomic E-state index is 0.595. The van der Waals surface area contributed by atoms with E-state index in [2.05, 4.69) is 21.3 Å². The molecule has 88 valence electrons. The van der Waals surface area contributed by atoms with Crippen LogP contribution in [0.3, 0.4) is 0 Å². The number of ether oxygens (including phenoxy) is 1. The number of aromatic nitrogens is 1. The number of hydrogen-bond acceptors (Lipinski definition) is 4. The molecule has 1 unspecified atom stereocenters. The van der Waals surface area contributed by atoms with Crippen LogP contribution in [0.4, 0.5) is 5.69 Å². The summed E-state index contributed by atoms with van der Waals surface area (Å²) in [5, 5.41) is 3.25. The number of methoxy groups -OCH3 is 1. The van der Waals surface area contributed by atoms with Crippen LogP contribution in [0.5, 0.6) is 5.88 Å². The Kier molecular flexibility index (Phi) is 3.62. The number of anilines is 1. The predicted molar refractivity (Wildman–Crippen MR) is 65.1 cm³/mol. The maximum Gasteiger partial charge on any atom is 0.214 e. The van der Waals surface area contributed by atoms with E-state index in [0.29, 0.717) is 11.9 Å². The van der Waals surface area contributed by atoms with Crippen molar-refractivity contribution in [3.05, 3.63) is 18.3 Å². The predicted octanol–water partition coefficient (Wildman–Crippen LogP) is 1.28. The highest BCUT2D eigenvalue weighted by atomic mass is 16.5. The standard InChI is InChI=1S/C12H19N3O/c1-13-9-11-4-3-7-15(11)10-5-6-14-12(8-10)16-2/h5-6,8,11,13H,3-4,7,9H2,1-2H3. The van der Waals surface area contributed by atoms with E-state index in [1.807, 2.05) is 19.3 Å². The van der Waals surface area contributed by atoms with Gasteiger partial charge in [0.2, 0.25) is 5.88 Å². The van der Waals surface area contributed by atoms with Gasteiger partial charge in [-0.1, -0.05) is 0 Å². The summed E-state index contributed by atoms with van der Waals surface area (Å²) in [5.41, 5.74) is 1.21. The van der Waals surface area contributed by atoms with Gasteiger partial charge in [0.25, 0.3) is 0 Å². The quantitative estimate of drug-likeness (QED) is 0.831. The van der Waals surface area contributed by atoms with E-state index >= 15 is 0 Å². The van der Waals surface area contributed by atoms with Crippen LogP contribution in [0.2, 0.25) is 0 Å². The van der Waals surface area contributed by atoms with Crippen molar-refractivity contribution in [1.82, 2.24) is 10.3 Å². The Bertz CT molecular complexity index is 343. The van der Waals surface area contributed by atoms with E-state index in [-0.39, 0.29) is 0 Å². The number of pyridine rings is 1. The van der Waals surface area contributed by atoms with Crippen LogP contribution >= 0.6 is 0 Å². The highest BCUT2D eigenvalue weighted by Crippen LogP contribution is 2.26. The lowest BCUT2D eigenvalue weighted by Crippen LogP contribution is -2.36. The average Bonchev–Trinajstić information content (AvgIpc) is 2.78. The van der Waals surface area contributed by atoms with Gasteiger partial charge in [-0.25, -0.2) is 4.98 Å². The van der Waals surface area contributed by atoms with E-state index in [1.54, 1.807) is 7.11 Å². The van der Waals surface area contributed by atoms with Crippen LogP contribution in [0.25, 0.3) is 0 Å². The van der Waals surface area contributed by atoms with Gasteiger partial charge in [-0.15, -0.1) is 0 Å². The first kappa shape index (κ1) is 11.2. The average molecular weight is 221 g/mol. The molecule has 4 nitrogen and oxygen atoms in total. The van der Waals surface area contributed by atoms with Crippen molar-refractivity contribution in [3.63, 3.8) is 0 Å². The van der Waals surface area contributed by atoms with Gasteiger partial charge in [0.1, 0.15) is 0 Å². The summed E-state index contributed by atoms with van der Waals surface area (Å²) in [4.78, 5) is 6.57. The number of likely N-dealkylation sites (N-methyl/N-ethyl adjacent to an activating group) is 1. The summed E-state index contributed by atoms with van der Waals surface area (Å²) in [5.74, 6) is 0.688.